The van der Waals surface area contributed by atoms with E-state index in [2.05, 4.69) is 4.72 Å². The van der Waals surface area contributed by atoms with Crippen LogP contribution >= 0.6 is 0 Å². The molecule has 0 saturated carbocycles. The van der Waals surface area contributed by atoms with Crippen LogP contribution in [-0.4, -0.2) is 34.8 Å². The van der Waals surface area contributed by atoms with Crippen molar-refractivity contribution in [1.29, 1.82) is 0 Å². The minimum atomic E-state index is -3.47. The van der Waals surface area contributed by atoms with E-state index >= 15 is 0 Å². The number of hydrogen-bond acceptors (Lipinski definition) is 4. The van der Waals surface area contributed by atoms with Gasteiger partial charge >= 0.3 is 0 Å². The maximum Gasteiger partial charge on any atom is 0.240 e. The number of nitrogens with one attached hydrogen (secondary N) is 1. The summed E-state index contributed by atoms with van der Waals surface area (Å²) in [4.78, 5) is 0.264. The summed E-state index contributed by atoms with van der Waals surface area (Å²) in [6.45, 7) is 1.45. The quantitative estimate of drug-likeness (QED) is 0.855. The van der Waals surface area contributed by atoms with Crippen molar-refractivity contribution in [3.63, 3.8) is 0 Å². The van der Waals surface area contributed by atoms with Crippen LogP contribution in [0.25, 0.3) is 0 Å². The molecule has 1 N–H and O–H groups in total. The lowest BCUT2D eigenvalue weighted by Gasteiger charge is -2.12. The van der Waals surface area contributed by atoms with Crippen LogP contribution < -0.4 is 4.72 Å². The van der Waals surface area contributed by atoms with Crippen molar-refractivity contribution >= 4 is 10.0 Å². The zero-order valence-electron chi connectivity index (χ0n) is 11.0. The first-order valence-electron chi connectivity index (χ1n) is 6.31. The summed E-state index contributed by atoms with van der Waals surface area (Å²) in [6, 6.07) is 6.76. The van der Waals surface area contributed by atoms with Crippen molar-refractivity contribution in [1.82, 2.24) is 4.72 Å². The van der Waals surface area contributed by atoms with Gasteiger partial charge in [-0.15, -0.1) is 0 Å². The molecule has 1 heterocycles. The van der Waals surface area contributed by atoms with Gasteiger partial charge in [0.1, 0.15) is 0 Å². The maximum absolute atomic E-state index is 12.1. The summed E-state index contributed by atoms with van der Waals surface area (Å²) in [5, 5.41) is 0. The molecule has 0 amide bonds. The van der Waals surface area contributed by atoms with Crippen LogP contribution in [0.15, 0.2) is 29.2 Å². The molecule has 19 heavy (non-hydrogen) atoms. The number of rotatable bonds is 6. The molecule has 5 nitrogen and oxygen atoms in total. The van der Waals surface area contributed by atoms with E-state index in [1.165, 1.54) is 0 Å². The molecule has 0 spiro atoms. The van der Waals surface area contributed by atoms with Gasteiger partial charge in [-0.05, 0) is 30.5 Å². The molecule has 0 radical (unpaired) electrons. The smallest absolute Gasteiger partial charge is 0.240 e. The van der Waals surface area contributed by atoms with Crippen molar-refractivity contribution in [2.24, 2.45) is 0 Å². The van der Waals surface area contributed by atoms with Gasteiger partial charge in [0.2, 0.25) is 10.0 Å². The lowest BCUT2D eigenvalue weighted by atomic mass is 10.2. The zero-order chi connectivity index (χ0) is 13.7. The summed E-state index contributed by atoms with van der Waals surface area (Å²) >= 11 is 0. The fourth-order valence-electron chi connectivity index (χ4n) is 2.06. The molecule has 1 fully saturated rings. The van der Waals surface area contributed by atoms with Crippen LogP contribution in [0.1, 0.15) is 18.4 Å². The second-order valence-corrected chi connectivity index (χ2v) is 6.33. The van der Waals surface area contributed by atoms with Crippen molar-refractivity contribution in [2.45, 2.75) is 30.4 Å². The molecule has 0 aliphatic carbocycles. The molecular weight excluding hydrogens is 266 g/mol. The first-order valence-corrected chi connectivity index (χ1v) is 7.79. The lowest BCUT2D eigenvalue weighted by Crippen LogP contribution is -2.31. The van der Waals surface area contributed by atoms with Crippen LogP contribution in [0.3, 0.4) is 0 Å². The molecule has 1 saturated heterocycles. The molecule has 0 aromatic heterocycles. The number of methoxy groups -OCH3 is 1. The molecule has 2 rings (SSSR count). The highest BCUT2D eigenvalue weighted by atomic mass is 32.2. The summed E-state index contributed by atoms with van der Waals surface area (Å²) in [6.07, 6.45) is 1.90. The Kier molecular flexibility index (Phi) is 4.93. The van der Waals surface area contributed by atoms with E-state index in [1.807, 2.05) is 6.07 Å². The van der Waals surface area contributed by atoms with E-state index in [1.54, 1.807) is 25.3 Å². The highest BCUT2D eigenvalue weighted by molar-refractivity contribution is 7.89. The van der Waals surface area contributed by atoms with Gasteiger partial charge in [-0.2, -0.15) is 0 Å². The second kappa shape index (κ2) is 6.47. The van der Waals surface area contributed by atoms with Gasteiger partial charge in [0.25, 0.3) is 0 Å². The van der Waals surface area contributed by atoms with Gasteiger partial charge in [0, 0.05) is 20.3 Å². The molecule has 1 aliphatic heterocycles. The first kappa shape index (κ1) is 14.5. The highest BCUT2D eigenvalue weighted by Gasteiger charge is 2.20. The molecule has 0 bridgehead atoms. The monoisotopic (exact) mass is 285 g/mol. The van der Waals surface area contributed by atoms with Crippen LogP contribution in [-0.2, 0) is 26.1 Å². The Bertz CT molecular complexity index is 509. The minimum absolute atomic E-state index is 0.00284. The minimum Gasteiger partial charge on any atom is -0.380 e. The van der Waals surface area contributed by atoms with Crippen LogP contribution in [0.5, 0.6) is 0 Å². The Balaban J connectivity index is 2.03. The van der Waals surface area contributed by atoms with Crippen molar-refractivity contribution in [3.05, 3.63) is 29.8 Å². The Morgan fingerprint density at radius 1 is 1.47 bits per heavy atom. The SMILES string of the molecule is COCc1cccc(S(=O)(=O)NC[C@H]2CCCO2)c1. The number of hydrogen-bond donors (Lipinski definition) is 1. The molecule has 1 atom stereocenters. The summed E-state index contributed by atoms with van der Waals surface area (Å²) in [7, 11) is -1.89. The third-order valence-corrected chi connectivity index (χ3v) is 4.47. The number of sulfonamides is 1. The van der Waals surface area contributed by atoms with E-state index in [-0.39, 0.29) is 11.0 Å². The van der Waals surface area contributed by atoms with Gasteiger partial charge in [0.15, 0.2) is 0 Å². The average Bonchev–Trinajstić information content (AvgIpc) is 2.90. The van der Waals surface area contributed by atoms with E-state index in [0.717, 1.165) is 25.0 Å². The summed E-state index contributed by atoms with van der Waals surface area (Å²) in [5.74, 6) is 0. The average molecular weight is 285 g/mol. The van der Waals surface area contributed by atoms with Gasteiger partial charge in [-0.1, -0.05) is 12.1 Å². The Labute approximate surface area is 114 Å². The topological polar surface area (TPSA) is 64.6 Å². The van der Waals surface area contributed by atoms with Gasteiger partial charge in [-0.3, -0.25) is 0 Å². The Morgan fingerprint density at radius 3 is 3.00 bits per heavy atom. The molecule has 106 valence electrons. The molecule has 1 aromatic carbocycles. The van der Waals surface area contributed by atoms with Gasteiger partial charge < -0.3 is 9.47 Å². The predicted octanol–water partition coefficient (Wildman–Crippen LogP) is 1.29. The van der Waals surface area contributed by atoms with E-state index in [0.29, 0.717) is 13.2 Å². The van der Waals surface area contributed by atoms with Gasteiger partial charge in [-0.25, -0.2) is 13.1 Å². The van der Waals surface area contributed by atoms with Crippen LogP contribution in [0, 0.1) is 0 Å². The van der Waals surface area contributed by atoms with E-state index in [9.17, 15) is 8.42 Å². The Hall–Kier alpha value is -0.950. The normalized spacial score (nSPS) is 19.7. The number of ether oxygens (including phenoxy) is 2. The predicted molar refractivity (Wildman–Crippen MR) is 71.3 cm³/mol. The largest absolute Gasteiger partial charge is 0.380 e. The maximum atomic E-state index is 12.1. The first-order chi connectivity index (χ1) is 9.12. The van der Waals surface area contributed by atoms with E-state index in [4.69, 9.17) is 9.47 Å². The van der Waals surface area contributed by atoms with Crippen molar-refractivity contribution in [3.8, 4) is 0 Å². The third-order valence-electron chi connectivity index (χ3n) is 3.04. The van der Waals surface area contributed by atoms with Crippen LogP contribution in [0.4, 0.5) is 0 Å². The zero-order valence-corrected chi connectivity index (χ0v) is 11.8. The second-order valence-electron chi connectivity index (χ2n) is 4.57. The van der Waals surface area contributed by atoms with Crippen molar-refractivity contribution < 1.29 is 17.9 Å². The summed E-state index contributed by atoms with van der Waals surface area (Å²) in [5.41, 5.74) is 0.836. The molecule has 1 aliphatic rings. The highest BCUT2D eigenvalue weighted by Crippen LogP contribution is 2.14. The molecule has 6 heteroatoms. The fraction of sp³-hybridized carbons (Fsp3) is 0.538. The Morgan fingerprint density at radius 2 is 2.32 bits per heavy atom. The van der Waals surface area contributed by atoms with Crippen LogP contribution in [0.2, 0.25) is 0 Å². The lowest BCUT2D eigenvalue weighted by molar-refractivity contribution is 0.114. The molecule has 0 unspecified atom stereocenters. The van der Waals surface area contributed by atoms with Gasteiger partial charge in [0.05, 0.1) is 17.6 Å². The molecular formula is C13H19NO4S. The van der Waals surface area contributed by atoms with E-state index < -0.39 is 10.0 Å². The number of benzene rings is 1. The fourth-order valence-corrected chi connectivity index (χ4v) is 3.20. The summed E-state index contributed by atoms with van der Waals surface area (Å²) < 4.78 is 37.3. The third kappa shape index (κ3) is 4.01. The standard InChI is InChI=1S/C13H19NO4S/c1-17-10-11-4-2-6-13(8-11)19(15,16)14-9-12-5-3-7-18-12/h2,4,6,8,12,14H,3,5,7,9-10H2,1H3/t12-/m1/s1. The molecule has 1 aromatic rings. The van der Waals surface area contributed by atoms with Crippen molar-refractivity contribution in [2.75, 3.05) is 20.3 Å².